The molecule has 0 spiro atoms. The Morgan fingerprint density at radius 1 is 1.16 bits per heavy atom. The summed E-state index contributed by atoms with van der Waals surface area (Å²) in [5.74, 6) is 0.957. The molecule has 1 aromatic carbocycles. The average molecular weight is 469 g/mol. The first kappa shape index (κ1) is 22.2. The minimum atomic E-state index is -1.50. The third-order valence-corrected chi connectivity index (χ3v) is 6.43. The quantitative estimate of drug-likeness (QED) is 0.424. The van der Waals surface area contributed by atoms with Crippen molar-refractivity contribution in [2.45, 2.75) is 36.9 Å². The number of rotatable bonds is 6. The summed E-state index contributed by atoms with van der Waals surface area (Å²) in [7, 11) is 1.44. The Hall–Kier alpha value is -2.05. The smallest absolute Gasteiger partial charge is 0.183 e. The number of aromatic nitrogens is 2. The van der Waals surface area contributed by atoms with Gasteiger partial charge < -0.3 is 34.3 Å². The maximum absolute atomic E-state index is 10.5. The monoisotopic (exact) mass is 468 g/mol. The highest BCUT2D eigenvalue weighted by Gasteiger charge is 2.45. The van der Waals surface area contributed by atoms with Crippen LogP contribution in [0.25, 0.3) is 10.8 Å². The molecule has 1 aliphatic heterocycles. The van der Waals surface area contributed by atoms with Crippen molar-refractivity contribution in [1.82, 2.24) is 10.2 Å². The summed E-state index contributed by atoms with van der Waals surface area (Å²) in [6.07, 6.45) is -4.56. The van der Waals surface area contributed by atoms with Crippen LogP contribution in [0.1, 0.15) is 22.2 Å². The van der Waals surface area contributed by atoms with E-state index in [9.17, 15) is 20.4 Å². The molecular weight excluding hydrogens is 448 g/mol. The molecule has 9 nitrogen and oxygen atoms in total. The normalized spacial score (nSPS) is 26.2. The Balaban J connectivity index is 1.66. The van der Waals surface area contributed by atoms with Gasteiger partial charge in [-0.1, -0.05) is 22.9 Å². The molecule has 1 saturated heterocycles. The molecule has 166 valence electrons. The van der Waals surface area contributed by atoms with E-state index in [0.29, 0.717) is 44.1 Å². The highest BCUT2D eigenvalue weighted by Crippen LogP contribution is 2.40. The van der Waals surface area contributed by atoms with Crippen LogP contribution in [-0.2, 0) is 11.2 Å². The topological polar surface area (TPSA) is 138 Å². The van der Waals surface area contributed by atoms with Crippen molar-refractivity contribution >= 4 is 22.9 Å². The van der Waals surface area contributed by atoms with E-state index in [1.165, 1.54) is 18.4 Å². The standard InChI is InChI=1S/C20H21ClN2O7S/c1-28-13-7-11(21)9(6-15-22-23-20(31-15)12-3-2-4-29-12)5-10(13)19-18(27)17(26)16(25)14(8-24)30-19/h2-5,7,14,16-19,24-27H,6,8H2,1H3. The Morgan fingerprint density at radius 3 is 2.65 bits per heavy atom. The van der Waals surface area contributed by atoms with Gasteiger partial charge in [-0.2, -0.15) is 0 Å². The first-order chi connectivity index (χ1) is 14.9. The fraction of sp³-hybridized carbons (Fsp3) is 0.400. The molecule has 2 aromatic heterocycles. The van der Waals surface area contributed by atoms with Crippen LogP contribution in [0, 0.1) is 0 Å². The fourth-order valence-electron chi connectivity index (χ4n) is 3.50. The first-order valence-corrected chi connectivity index (χ1v) is 10.7. The molecule has 31 heavy (non-hydrogen) atoms. The fourth-order valence-corrected chi connectivity index (χ4v) is 4.55. The summed E-state index contributed by atoms with van der Waals surface area (Å²) < 4.78 is 16.4. The van der Waals surface area contributed by atoms with Crippen molar-refractivity contribution in [2.75, 3.05) is 13.7 Å². The Morgan fingerprint density at radius 2 is 1.97 bits per heavy atom. The van der Waals surface area contributed by atoms with E-state index in [4.69, 9.17) is 25.5 Å². The number of aliphatic hydroxyl groups is 4. The third-order valence-electron chi connectivity index (χ3n) is 5.14. The molecule has 0 radical (unpaired) electrons. The van der Waals surface area contributed by atoms with E-state index in [0.717, 1.165) is 0 Å². The summed E-state index contributed by atoms with van der Waals surface area (Å²) in [5, 5.41) is 50.3. The predicted molar refractivity (Wildman–Crippen MR) is 111 cm³/mol. The molecule has 0 aliphatic carbocycles. The molecule has 11 heteroatoms. The number of ether oxygens (including phenoxy) is 2. The zero-order valence-electron chi connectivity index (χ0n) is 16.4. The molecule has 3 aromatic rings. The number of methoxy groups -OCH3 is 1. The van der Waals surface area contributed by atoms with Crippen LogP contribution in [0.15, 0.2) is 34.9 Å². The van der Waals surface area contributed by atoms with Crippen molar-refractivity contribution in [3.05, 3.63) is 51.7 Å². The van der Waals surface area contributed by atoms with Crippen molar-refractivity contribution in [2.24, 2.45) is 0 Å². The molecule has 4 N–H and O–H groups in total. The number of aliphatic hydroxyl groups excluding tert-OH is 4. The van der Waals surface area contributed by atoms with E-state index in [2.05, 4.69) is 10.2 Å². The van der Waals surface area contributed by atoms with Crippen molar-refractivity contribution in [3.8, 4) is 16.5 Å². The average Bonchev–Trinajstić information content (AvgIpc) is 3.46. The van der Waals surface area contributed by atoms with Crippen molar-refractivity contribution in [3.63, 3.8) is 0 Å². The SMILES string of the molecule is COc1cc(Cl)c(Cc2nnc(-c3ccco3)s2)cc1C1OC(CO)C(O)C(O)C1O. The van der Waals surface area contributed by atoms with Gasteiger partial charge in [0.05, 0.1) is 20.0 Å². The van der Waals surface area contributed by atoms with Crippen LogP contribution in [-0.4, -0.2) is 68.8 Å². The second kappa shape index (κ2) is 9.21. The molecule has 3 heterocycles. The van der Waals surface area contributed by atoms with Crippen LogP contribution in [0.5, 0.6) is 5.75 Å². The van der Waals surface area contributed by atoms with Gasteiger partial charge in [-0.05, 0) is 29.8 Å². The largest absolute Gasteiger partial charge is 0.496 e. The lowest BCUT2D eigenvalue weighted by atomic mass is 9.90. The molecule has 1 aliphatic rings. The Labute approximate surface area is 186 Å². The minimum Gasteiger partial charge on any atom is -0.496 e. The lowest BCUT2D eigenvalue weighted by Crippen LogP contribution is -2.55. The second-order valence-electron chi connectivity index (χ2n) is 7.09. The number of hydrogen-bond acceptors (Lipinski definition) is 10. The van der Waals surface area contributed by atoms with Crippen LogP contribution in [0.2, 0.25) is 5.02 Å². The van der Waals surface area contributed by atoms with E-state index in [-0.39, 0.29) is 0 Å². The minimum absolute atomic E-state index is 0.339. The summed E-state index contributed by atoms with van der Waals surface area (Å²) in [5.41, 5.74) is 1.10. The predicted octanol–water partition coefficient (Wildman–Crippen LogP) is 1.57. The van der Waals surface area contributed by atoms with Gasteiger partial charge in [0.2, 0.25) is 0 Å². The lowest BCUT2D eigenvalue weighted by molar-refractivity contribution is -0.232. The van der Waals surface area contributed by atoms with Gasteiger partial charge in [-0.15, -0.1) is 10.2 Å². The number of hydrogen-bond donors (Lipinski definition) is 4. The summed E-state index contributed by atoms with van der Waals surface area (Å²) in [6.45, 7) is -0.523. The number of halogens is 1. The van der Waals surface area contributed by atoms with Gasteiger partial charge in [0.15, 0.2) is 10.8 Å². The van der Waals surface area contributed by atoms with Crippen LogP contribution in [0.4, 0.5) is 0 Å². The number of nitrogens with zero attached hydrogens (tertiary/aromatic N) is 2. The van der Waals surface area contributed by atoms with Crippen LogP contribution >= 0.6 is 22.9 Å². The summed E-state index contributed by atoms with van der Waals surface area (Å²) >= 11 is 7.80. The van der Waals surface area contributed by atoms with Crippen molar-refractivity contribution in [1.29, 1.82) is 0 Å². The molecule has 5 unspecified atom stereocenters. The van der Waals surface area contributed by atoms with Gasteiger partial charge in [0.1, 0.15) is 41.3 Å². The molecule has 0 saturated carbocycles. The number of benzene rings is 1. The first-order valence-electron chi connectivity index (χ1n) is 9.46. The third kappa shape index (κ3) is 4.33. The number of furan rings is 1. The van der Waals surface area contributed by atoms with Gasteiger partial charge in [-0.3, -0.25) is 0 Å². The van der Waals surface area contributed by atoms with Crippen LogP contribution in [0.3, 0.4) is 0 Å². The Kier molecular flexibility index (Phi) is 6.58. The van der Waals surface area contributed by atoms with Gasteiger partial charge in [0.25, 0.3) is 0 Å². The van der Waals surface area contributed by atoms with Gasteiger partial charge in [0, 0.05) is 17.0 Å². The highest BCUT2D eigenvalue weighted by atomic mass is 35.5. The summed E-state index contributed by atoms with van der Waals surface area (Å²) in [4.78, 5) is 0. The van der Waals surface area contributed by atoms with Gasteiger partial charge in [-0.25, -0.2) is 0 Å². The van der Waals surface area contributed by atoms with E-state index in [1.807, 2.05) is 0 Å². The molecule has 5 atom stereocenters. The molecule has 1 fully saturated rings. The van der Waals surface area contributed by atoms with E-state index in [1.54, 1.807) is 30.5 Å². The summed E-state index contributed by atoms with van der Waals surface area (Å²) in [6, 6.07) is 6.84. The lowest BCUT2D eigenvalue weighted by Gasteiger charge is -2.40. The zero-order valence-corrected chi connectivity index (χ0v) is 18.0. The molecule has 0 bridgehead atoms. The second-order valence-corrected chi connectivity index (χ2v) is 8.56. The van der Waals surface area contributed by atoms with E-state index < -0.39 is 37.1 Å². The highest BCUT2D eigenvalue weighted by molar-refractivity contribution is 7.14. The molecular formula is C20H21ClN2O7S. The van der Waals surface area contributed by atoms with Crippen LogP contribution < -0.4 is 4.74 Å². The zero-order chi connectivity index (χ0) is 22.1. The molecule has 0 amide bonds. The molecule has 4 rings (SSSR count). The maximum atomic E-state index is 10.5. The maximum Gasteiger partial charge on any atom is 0.183 e. The van der Waals surface area contributed by atoms with Gasteiger partial charge >= 0.3 is 0 Å². The van der Waals surface area contributed by atoms with Crippen molar-refractivity contribution < 1.29 is 34.3 Å². The Bertz CT molecular complexity index is 1030. The van der Waals surface area contributed by atoms with E-state index >= 15 is 0 Å².